The van der Waals surface area contributed by atoms with Crippen LogP contribution in [0.4, 0.5) is 4.79 Å². The summed E-state index contributed by atoms with van der Waals surface area (Å²) in [4.78, 5) is 36.9. The molecule has 174 valence electrons. The summed E-state index contributed by atoms with van der Waals surface area (Å²) in [5.41, 5.74) is 3.75. The Bertz CT molecular complexity index is 1010. The smallest absolute Gasteiger partial charge is 0.407 e. The number of carbonyl (C=O) groups excluding carboxylic acids is 2. The molecule has 0 saturated carbocycles. The molecule has 1 aliphatic rings. The average Bonchev–Trinajstić information content (AvgIpc) is 3.08. The van der Waals surface area contributed by atoms with Crippen LogP contribution in [0.5, 0.6) is 0 Å². The first kappa shape index (κ1) is 24.0. The van der Waals surface area contributed by atoms with Gasteiger partial charge in [0.15, 0.2) is 0 Å². The number of alkyl carbamates (subject to hydrolysis) is 1. The van der Waals surface area contributed by atoms with E-state index >= 15 is 0 Å². The minimum absolute atomic E-state index is 0.0723. The van der Waals surface area contributed by atoms with Crippen LogP contribution in [-0.2, 0) is 14.3 Å². The minimum Gasteiger partial charge on any atom is -0.480 e. The molecule has 0 bridgehead atoms. The van der Waals surface area contributed by atoms with E-state index in [2.05, 4.69) is 29.3 Å². The van der Waals surface area contributed by atoms with Crippen molar-refractivity contribution in [2.45, 2.75) is 45.2 Å². The first-order chi connectivity index (χ1) is 15.6. The molecule has 0 heterocycles. The largest absolute Gasteiger partial charge is 0.480 e. The van der Waals surface area contributed by atoms with Gasteiger partial charge in [-0.05, 0) is 34.1 Å². The van der Waals surface area contributed by atoms with E-state index in [0.717, 1.165) is 22.3 Å². The number of rotatable bonds is 8. The number of carbonyl (C=O) groups is 3. The number of hydrogen-bond acceptors (Lipinski definition) is 4. The third-order valence-corrected chi connectivity index (χ3v) is 5.75. The molecule has 0 aliphatic heterocycles. The molecule has 33 heavy (non-hydrogen) atoms. The number of carboxylic acids is 1. The predicted octanol–water partition coefficient (Wildman–Crippen LogP) is 4.09. The van der Waals surface area contributed by atoms with Gasteiger partial charge in [0.2, 0.25) is 5.91 Å². The van der Waals surface area contributed by atoms with Crippen LogP contribution in [0.1, 0.15) is 44.2 Å². The number of hydrogen-bond donors (Lipinski definition) is 3. The number of benzene rings is 2. The summed E-state index contributed by atoms with van der Waals surface area (Å²) in [5.74, 6) is -1.86. The quantitative estimate of drug-likeness (QED) is 0.526. The fourth-order valence-corrected chi connectivity index (χ4v) is 4.08. The molecule has 0 fully saturated rings. The Morgan fingerprint density at radius 1 is 1.03 bits per heavy atom. The summed E-state index contributed by atoms with van der Waals surface area (Å²) in [6.45, 7) is 8.99. The van der Waals surface area contributed by atoms with Gasteiger partial charge in [-0.1, -0.05) is 75.4 Å². The van der Waals surface area contributed by atoms with E-state index in [1.165, 1.54) is 6.08 Å². The van der Waals surface area contributed by atoms with Crippen LogP contribution < -0.4 is 10.6 Å². The van der Waals surface area contributed by atoms with Crippen molar-refractivity contribution in [3.63, 3.8) is 0 Å². The monoisotopic (exact) mass is 450 g/mol. The molecule has 3 N–H and O–H groups in total. The van der Waals surface area contributed by atoms with Gasteiger partial charge >= 0.3 is 12.1 Å². The van der Waals surface area contributed by atoms with Crippen molar-refractivity contribution < 1.29 is 24.2 Å². The molecule has 1 aliphatic carbocycles. The molecular formula is C26H30N2O5. The van der Waals surface area contributed by atoms with E-state index in [9.17, 15) is 19.5 Å². The maximum Gasteiger partial charge on any atom is 0.407 e. The fourth-order valence-electron chi connectivity index (χ4n) is 4.08. The van der Waals surface area contributed by atoms with Crippen molar-refractivity contribution in [3.8, 4) is 11.1 Å². The number of amides is 2. The zero-order chi connectivity index (χ0) is 24.2. The first-order valence-electron chi connectivity index (χ1n) is 10.9. The second kappa shape index (κ2) is 9.90. The lowest BCUT2D eigenvalue weighted by molar-refractivity contribution is -0.142. The molecule has 0 radical (unpaired) electrons. The highest BCUT2D eigenvalue weighted by molar-refractivity contribution is 5.90. The van der Waals surface area contributed by atoms with Gasteiger partial charge < -0.3 is 20.5 Å². The van der Waals surface area contributed by atoms with E-state index in [-0.39, 0.29) is 18.9 Å². The third kappa shape index (κ3) is 5.42. The van der Waals surface area contributed by atoms with E-state index in [1.807, 2.05) is 36.4 Å². The summed E-state index contributed by atoms with van der Waals surface area (Å²) in [6, 6.07) is 13.9. The number of fused-ring (bicyclic) bond motifs is 3. The van der Waals surface area contributed by atoms with Crippen LogP contribution in [0.15, 0.2) is 61.2 Å². The van der Waals surface area contributed by atoms with Gasteiger partial charge in [-0.3, -0.25) is 4.79 Å². The van der Waals surface area contributed by atoms with Crippen LogP contribution in [0, 0.1) is 5.41 Å². The number of carboxylic acid groups (broad SMARTS) is 1. The Morgan fingerprint density at radius 3 is 2.06 bits per heavy atom. The van der Waals surface area contributed by atoms with Crippen molar-refractivity contribution in [1.29, 1.82) is 0 Å². The van der Waals surface area contributed by atoms with Crippen molar-refractivity contribution in [1.82, 2.24) is 10.6 Å². The molecule has 2 unspecified atom stereocenters. The van der Waals surface area contributed by atoms with Crippen LogP contribution in [0.3, 0.4) is 0 Å². The van der Waals surface area contributed by atoms with Crippen molar-refractivity contribution in [2.24, 2.45) is 5.41 Å². The molecule has 0 spiro atoms. The topological polar surface area (TPSA) is 105 Å². The van der Waals surface area contributed by atoms with Crippen LogP contribution in [0.25, 0.3) is 11.1 Å². The lowest BCUT2D eigenvalue weighted by atomic mass is 9.86. The van der Waals surface area contributed by atoms with E-state index in [1.54, 1.807) is 20.8 Å². The summed E-state index contributed by atoms with van der Waals surface area (Å²) in [6.07, 6.45) is 0.759. The second-order valence-electron chi connectivity index (χ2n) is 9.19. The molecule has 7 heteroatoms. The van der Waals surface area contributed by atoms with Crippen LogP contribution in [0.2, 0.25) is 0 Å². The SMILES string of the molecule is C=CCC(NC(=O)C(NC(=O)OCC1c2ccccc2-c2ccccc21)C(C)(C)C)C(=O)O. The van der Waals surface area contributed by atoms with Crippen molar-refractivity contribution >= 4 is 18.0 Å². The van der Waals surface area contributed by atoms with Crippen LogP contribution >= 0.6 is 0 Å². The molecule has 7 nitrogen and oxygen atoms in total. The van der Waals surface area contributed by atoms with E-state index < -0.39 is 35.5 Å². The normalized spacial score (nSPS) is 14.4. The zero-order valence-electron chi connectivity index (χ0n) is 19.1. The molecular weight excluding hydrogens is 420 g/mol. The average molecular weight is 451 g/mol. The molecule has 0 saturated heterocycles. The Kier molecular flexibility index (Phi) is 7.21. The lowest BCUT2D eigenvalue weighted by Gasteiger charge is -2.31. The molecule has 2 atom stereocenters. The maximum absolute atomic E-state index is 12.8. The first-order valence-corrected chi connectivity index (χ1v) is 10.9. The second-order valence-corrected chi connectivity index (χ2v) is 9.19. The Morgan fingerprint density at radius 2 is 1.58 bits per heavy atom. The van der Waals surface area contributed by atoms with Gasteiger partial charge in [0.25, 0.3) is 0 Å². The molecule has 2 amide bonds. The summed E-state index contributed by atoms with van der Waals surface area (Å²) >= 11 is 0. The molecule has 0 aromatic heterocycles. The van der Waals surface area contributed by atoms with Crippen LogP contribution in [-0.4, -0.2) is 41.8 Å². The maximum atomic E-state index is 12.8. The van der Waals surface area contributed by atoms with Gasteiger partial charge in [0, 0.05) is 5.92 Å². The van der Waals surface area contributed by atoms with Crippen molar-refractivity contribution in [3.05, 3.63) is 72.3 Å². The molecule has 2 aromatic rings. The highest BCUT2D eigenvalue weighted by atomic mass is 16.5. The van der Waals surface area contributed by atoms with Gasteiger partial charge in [0.05, 0.1) is 0 Å². The van der Waals surface area contributed by atoms with E-state index in [4.69, 9.17) is 4.74 Å². The Hall–Kier alpha value is -3.61. The lowest BCUT2D eigenvalue weighted by Crippen LogP contribution is -2.56. The summed E-state index contributed by atoms with van der Waals surface area (Å²) in [5, 5.41) is 14.4. The highest BCUT2D eigenvalue weighted by Gasteiger charge is 2.36. The summed E-state index contributed by atoms with van der Waals surface area (Å²) in [7, 11) is 0. The number of nitrogens with one attached hydrogen (secondary N) is 2. The van der Waals surface area contributed by atoms with E-state index in [0.29, 0.717) is 0 Å². The van der Waals surface area contributed by atoms with Gasteiger partial charge in [-0.15, -0.1) is 6.58 Å². The highest BCUT2D eigenvalue weighted by Crippen LogP contribution is 2.44. The molecule has 2 aromatic carbocycles. The third-order valence-electron chi connectivity index (χ3n) is 5.75. The number of ether oxygens (including phenoxy) is 1. The molecule has 3 rings (SSSR count). The summed E-state index contributed by atoms with van der Waals surface area (Å²) < 4.78 is 5.55. The van der Waals surface area contributed by atoms with Gasteiger partial charge in [0.1, 0.15) is 18.7 Å². The van der Waals surface area contributed by atoms with Gasteiger partial charge in [-0.2, -0.15) is 0 Å². The Balaban J connectivity index is 1.70. The zero-order valence-corrected chi connectivity index (χ0v) is 19.1. The Labute approximate surface area is 193 Å². The standard InChI is InChI=1S/C26H30N2O5/c1-5-10-21(24(30)31)27-23(29)22(26(2,3)4)28-25(32)33-15-20-18-13-8-6-11-16(18)17-12-7-9-14-19(17)20/h5-9,11-14,20-22H,1,10,15H2,2-4H3,(H,27,29)(H,28,32)(H,30,31). The number of aliphatic carboxylic acids is 1. The minimum atomic E-state index is -1.17. The predicted molar refractivity (Wildman–Crippen MR) is 126 cm³/mol. The fraction of sp³-hybridized carbons (Fsp3) is 0.346. The van der Waals surface area contributed by atoms with Gasteiger partial charge in [-0.25, -0.2) is 9.59 Å². The van der Waals surface area contributed by atoms with Crippen molar-refractivity contribution in [2.75, 3.05) is 6.61 Å².